The van der Waals surface area contributed by atoms with E-state index in [0.29, 0.717) is 19.5 Å². The summed E-state index contributed by atoms with van der Waals surface area (Å²) in [5.41, 5.74) is 2.41. The van der Waals surface area contributed by atoms with E-state index in [1.807, 2.05) is 0 Å². The van der Waals surface area contributed by atoms with E-state index < -0.39 is 6.04 Å². The molecule has 0 amide bonds. The normalized spacial score (nSPS) is 13.8. The quantitative estimate of drug-likeness (QED) is 0.416. The largest absolute Gasteiger partial charge is 0.395 e. The first kappa shape index (κ1) is 15.0. The van der Waals surface area contributed by atoms with Gasteiger partial charge in [0.1, 0.15) is 0 Å². The van der Waals surface area contributed by atoms with Crippen LogP contribution in [0.2, 0.25) is 0 Å². The van der Waals surface area contributed by atoms with Crippen molar-refractivity contribution in [2.24, 2.45) is 0 Å². The molecule has 0 atom stereocenters. The van der Waals surface area contributed by atoms with Gasteiger partial charge in [-0.2, -0.15) is 0 Å². The first-order valence-corrected chi connectivity index (χ1v) is 6.75. The highest BCUT2D eigenvalue weighted by Crippen LogP contribution is 2.24. The average Bonchev–Trinajstić information content (AvgIpc) is 2.94. The summed E-state index contributed by atoms with van der Waals surface area (Å²) in [5, 5.41) is 30.9. The summed E-state index contributed by atoms with van der Waals surface area (Å²) in [6, 6.07) is -0.425. The number of aromatic amines is 1. The van der Waals surface area contributed by atoms with Crippen LogP contribution < -0.4 is 10.9 Å². The van der Waals surface area contributed by atoms with Gasteiger partial charge in [-0.15, -0.1) is 0 Å². The number of nitrogens with one attached hydrogen (secondary N) is 2. The molecule has 5 N–H and O–H groups in total. The SMILES string of the molecule is O=c1[nH]cc(CN(CCO)C(CO)CO)c2c1CCN2. The molecule has 112 valence electrons. The fourth-order valence-electron chi connectivity index (χ4n) is 2.54. The maximum Gasteiger partial charge on any atom is 0.253 e. The Kier molecular flexibility index (Phi) is 5.13. The Labute approximate surface area is 116 Å². The van der Waals surface area contributed by atoms with Gasteiger partial charge in [-0.3, -0.25) is 9.69 Å². The van der Waals surface area contributed by atoms with E-state index in [0.717, 1.165) is 23.4 Å². The van der Waals surface area contributed by atoms with Crippen molar-refractivity contribution in [2.45, 2.75) is 19.0 Å². The molecule has 20 heavy (non-hydrogen) atoms. The Morgan fingerprint density at radius 1 is 1.30 bits per heavy atom. The molecule has 1 aliphatic rings. The number of pyridine rings is 1. The van der Waals surface area contributed by atoms with E-state index >= 15 is 0 Å². The lowest BCUT2D eigenvalue weighted by Crippen LogP contribution is -2.42. The van der Waals surface area contributed by atoms with Gasteiger partial charge in [0.05, 0.1) is 25.9 Å². The molecule has 0 saturated heterocycles. The topological polar surface area (TPSA) is 109 Å². The lowest BCUT2D eigenvalue weighted by atomic mass is 10.1. The van der Waals surface area contributed by atoms with Crippen LogP contribution in [0.3, 0.4) is 0 Å². The maximum absolute atomic E-state index is 11.7. The third-order valence-corrected chi connectivity index (χ3v) is 3.65. The first-order chi connectivity index (χ1) is 9.71. The van der Waals surface area contributed by atoms with E-state index in [4.69, 9.17) is 5.11 Å². The molecule has 0 aliphatic carbocycles. The highest BCUT2D eigenvalue weighted by Gasteiger charge is 2.22. The molecule has 1 aromatic rings. The van der Waals surface area contributed by atoms with Gasteiger partial charge in [0, 0.05) is 42.6 Å². The van der Waals surface area contributed by atoms with Crippen molar-refractivity contribution < 1.29 is 15.3 Å². The Morgan fingerprint density at radius 3 is 2.70 bits per heavy atom. The van der Waals surface area contributed by atoms with Gasteiger partial charge in [-0.1, -0.05) is 0 Å². The summed E-state index contributed by atoms with van der Waals surface area (Å²) in [7, 11) is 0. The number of H-pyrrole nitrogens is 1. The number of aliphatic hydroxyl groups is 3. The van der Waals surface area contributed by atoms with E-state index in [-0.39, 0.29) is 25.4 Å². The summed E-state index contributed by atoms with van der Waals surface area (Å²) in [6.45, 7) is 1.09. The van der Waals surface area contributed by atoms with Crippen molar-refractivity contribution in [3.63, 3.8) is 0 Å². The highest BCUT2D eigenvalue weighted by atomic mass is 16.3. The van der Waals surface area contributed by atoms with Crippen LogP contribution in [-0.2, 0) is 13.0 Å². The zero-order valence-electron chi connectivity index (χ0n) is 11.3. The average molecular weight is 283 g/mol. The van der Waals surface area contributed by atoms with Gasteiger partial charge in [-0.25, -0.2) is 0 Å². The van der Waals surface area contributed by atoms with Gasteiger partial charge in [0.2, 0.25) is 0 Å². The molecule has 1 aromatic heterocycles. The second-order valence-corrected chi connectivity index (χ2v) is 4.89. The molecule has 0 aromatic carbocycles. The van der Waals surface area contributed by atoms with E-state index in [1.165, 1.54) is 0 Å². The predicted molar refractivity (Wildman–Crippen MR) is 74.7 cm³/mol. The molecule has 1 aliphatic heterocycles. The summed E-state index contributed by atoms with van der Waals surface area (Å²) in [4.78, 5) is 16.2. The van der Waals surface area contributed by atoms with E-state index in [2.05, 4.69) is 10.3 Å². The number of nitrogens with zero attached hydrogens (tertiary/aromatic N) is 1. The molecular formula is C13H21N3O4. The number of hydrogen-bond donors (Lipinski definition) is 5. The summed E-state index contributed by atoms with van der Waals surface area (Å²) in [5.74, 6) is 0. The molecule has 2 rings (SSSR count). The van der Waals surface area contributed by atoms with Gasteiger partial charge in [0.15, 0.2) is 0 Å². The standard InChI is InChI=1S/C13H21N3O4/c17-4-3-16(10(7-18)8-19)6-9-5-15-13(20)11-1-2-14-12(9)11/h5,10,14,17-19H,1-4,6-8H2,(H,15,20). The predicted octanol–water partition coefficient (Wildman–Crippen LogP) is -1.51. The molecule has 2 heterocycles. The minimum atomic E-state index is -0.425. The molecule has 0 bridgehead atoms. The smallest absolute Gasteiger partial charge is 0.253 e. The Bertz CT molecular complexity index is 499. The summed E-state index contributed by atoms with van der Waals surface area (Å²) in [6.07, 6.45) is 2.34. The van der Waals surface area contributed by atoms with Gasteiger partial charge < -0.3 is 25.6 Å². The van der Waals surface area contributed by atoms with Crippen LogP contribution in [0.25, 0.3) is 0 Å². The van der Waals surface area contributed by atoms with Crippen molar-refractivity contribution in [1.82, 2.24) is 9.88 Å². The Balaban J connectivity index is 2.23. The van der Waals surface area contributed by atoms with Crippen LogP contribution >= 0.6 is 0 Å². The van der Waals surface area contributed by atoms with Crippen molar-refractivity contribution in [1.29, 1.82) is 0 Å². The highest BCUT2D eigenvalue weighted by molar-refractivity contribution is 5.59. The number of fused-ring (bicyclic) bond motifs is 1. The molecule has 0 unspecified atom stereocenters. The molecule has 0 saturated carbocycles. The minimum absolute atomic E-state index is 0.0600. The number of aliphatic hydroxyl groups excluding tert-OH is 3. The van der Waals surface area contributed by atoms with Crippen molar-refractivity contribution >= 4 is 5.69 Å². The number of aromatic nitrogens is 1. The second kappa shape index (κ2) is 6.85. The van der Waals surface area contributed by atoms with Gasteiger partial charge in [0.25, 0.3) is 5.56 Å². The first-order valence-electron chi connectivity index (χ1n) is 6.75. The van der Waals surface area contributed by atoms with Crippen LogP contribution in [0.5, 0.6) is 0 Å². The van der Waals surface area contributed by atoms with Gasteiger partial charge >= 0.3 is 0 Å². The molecule has 0 radical (unpaired) electrons. The fraction of sp³-hybridized carbons (Fsp3) is 0.615. The van der Waals surface area contributed by atoms with Crippen LogP contribution in [0, 0.1) is 0 Å². The number of hydrogen-bond acceptors (Lipinski definition) is 6. The lowest BCUT2D eigenvalue weighted by molar-refractivity contribution is 0.0563. The van der Waals surface area contributed by atoms with Crippen LogP contribution in [0.15, 0.2) is 11.0 Å². The fourth-order valence-corrected chi connectivity index (χ4v) is 2.54. The molecule has 0 fully saturated rings. The van der Waals surface area contributed by atoms with E-state index in [9.17, 15) is 15.0 Å². The lowest BCUT2D eigenvalue weighted by Gasteiger charge is -2.29. The molecular weight excluding hydrogens is 262 g/mol. The molecule has 7 heteroatoms. The third kappa shape index (κ3) is 3.01. The van der Waals surface area contributed by atoms with Crippen molar-refractivity contribution in [3.8, 4) is 0 Å². The molecule has 7 nitrogen and oxygen atoms in total. The maximum atomic E-state index is 11.7. The Hall–Kier alpha value is -1.41. The minimum Gasteiger partial charge on any atom is -0.395 e. The van der Waals surface area contributed by atoms with Crippen molar-refractivity contribution in [2.75, 3.05) is 38.2 Å². The summed E-state index contributed by atoms with van der Waals surface area (Å²) >= 11 is 0. The van der Waals surface area contributed by atoms with Crippen molar-refractivity contribution in [3.05, 3.63) is 27.7 Å². The monoisotopic (exact) mass is 283 g/mol. The van der Waals surface area contributed by atoms with Gasteiger partial charge in [-0.05, 0) is 6.42 Å². The second-order valence-electron chi connectivity index (χ2n) is 4.89. The van der Waals surface area contributed by atoms with Crippen LogP contribution in [-0.4, -0.2) is 64.2 Å². The van der Waals surface area contributed by atoms with Crippen LogP contribution in [0.4, 0.5) is 5.69 Å². The zero-order chi connectivity index (χ0) is 14.5. The third-order valence-electron chi connectivity index (χ3n) is 3.65. The Morgan fingerprint density at radius 2 is 2.05 bits per heavy atom. The summed E-state index contributed by atoms with van der Waals surface area (Å²) < 4.78 is 0. The zero-order valence-corrected chi connectivity index (χ0v) is 11.3. The number of anilines is 1. The van der Waals surface area contributed by atoms with Crippen LogP contribution in [0.1, 0.15) is 11.1 Å². The van der Waals surface area contributed by atoms with E-state index in [1.54, 1.807) is 11.1 Å². The molecule has 0 spiro atoms. The number of rotatable bonds is 7.